The number of thioether (sulfide) groups is 1. The number of rotatable bonds is 19. The number of benzene rings is 6. The van der Waals surface area contributed by atoms with Gasteiger partial charge < -0.3 is 29.7 Å². The Morgan fingerprint density at radius 1 is 0.792 bits per heavy atom. The van der Waals surface area contributed by atoms with E-state index in [1.54, 1.807) is 36.8 Å². The Hall–Kier alpha value is -7.72. The number of fused-ring (bicyclic) bond motifs is 1. The van der Waals surface area contributed by atoms with Crippen molar-refractivity contribution in [2.24, 2.45) is 5.16 Å². The lowest BCUT2D eigenvalue weighted by Gasteiger charge is -2.49. The molecule has 0 aliphatic carbocycles. The molecule has 1 fully saturated rings. The number of anilines is 1. The Bertz CT molecular complexity index is 2940. The molecule has 2 aliphatic heterocycles. The average molecular weight is 1020 g/mol. The molecule has 1 saturated heterocycles. The maximum atomic E-state index is 14.7. The van der Waals surface area contributed by atoms with Gasteiger partial charge in [0.05, 0.1) is 7.11 Å². The summed E-state index contributed by atoms with van der Waals surface area (Å²) < 4.78 is 17.0. The minimum atomic E-state index is -1.30. The van der Waals surface area contributed by atoms with Gasteiger partial charge in [-0.3, -0.25) is 14.5 Å². The fourth-order valence-electron chi connectivity index (χ4n) is 8.48. The fraction of sp³-hybridized carbons (Fsp3) is 0.179. The number of halogens is 1. The number of amides is 2. The summed E-state index contributed by atoms with van der Waals surface area (Å²) in [6.45, 7) is 1.42. The molecule has 0 radical (unpaired) electrons. The van der Waals surface area contributed by atoms with Crippen molar-refractivity contribution in [1.82, 2.24) is 15.2 Å². The van der Waals surface area contributed by atoms with Crippen LogP contribution in [0.4, 0.5) is 5.13 Å². The minimum Gasteiger partial charge on any atom is -0.497 e. The van der Waals surface area contributed by atoms with E-state index < -0.39 is 52.9 Å². The first kappa shape index (κ1) is 49.3. The summed E-state index contributed by atoms with van der Waals surface area (Å²) in [7, 11) is 1.56. The number of nitrogens with one attached hydrogen (secondary N) is 2. The summed E-state index contributed by atoms with van der Waals surface area (Å²) in [4.78, 5) is 68.5. The number of carbonyl (C=O) groups excluding carboxylic acids is 4. The van der Waals surface area contributed by atoms with Crippen LogP contribution >= 0.6 is 34.7 Å². The van der Waals surface area contributed by atoms with Crippen LogP contribution < -0.4 is 15.4 Å². The second kappa shape index (κ2) is 22.6. The van der Waals surface area contributed by atoms with Gasteiger partial charge in [-0.15, -0.1) is 34.7 Å². The van der Waals surface area contributed by atoms with Gasteiger partial charge in [-0.25, -0.2) is 14.6 Å². The second-order valence-corrected chi connectivity index (χ2v) is 18.9. The Labute approximate surface area is 429 Å². The molecule has 13 nitrogen and oxygen atoms in total. The molecule has 364 valence electrons. The Morgan fingerprint density at radius 2 is 1.33 bits per heavy atom. The van der Waals surface area contributed by atoms with E-state index in [-0.39, 0.29) is 29.6 Å². The van der Waals surface area contributed by atoms with Crippen molar-refractivity contribution in [2.45, 2.75) is 42.7 Å². The van der Waals surface area contributed by atoms with Crippen LogP contribution in [0.3, 0.4) is 0 Å². The van der Waals surface area contributed by atoms with Gasteiger partial charge in [0.2, 0.25) is 6.10 Å². The molecule has 2 aliphatic rings. The van der Waals surface area contributed by atoms with Crippen LogP contribution in [0.25, 0.3) is 0 Å². The van der Waals surface area contributed by atoms with E-state index in [2.05, 4.69) is 15.8 Å². The largest absolute Gasteiger partial charge is 0.497 e. The van der Waals surface area contributed by atoms with Gasteiger partial charge >= 0.3 is 11.9 Å². The van der Waals surface area contributed by atoms with Crippen molar-refractivity contribution < 1.29 is 38.2 Å². The molecule has 6 aromatic carbocycles. The SMILES string of the molecule is COc1ccc(COC(=O)C2=C(CCl)CS[C@H]3C(NC(=O)/C(=N\O[C@@H](C)C(=O)OC(c4ccccc4)c4ccccc4)c4csc(NC(c5ccccc5)(c5ccccc5)c5ccccc5)n4)C(=O)N23)cc1. The second-order valence-electron chi connectivity index (χ2n) is 16.7. The van der Waals surface area contributed by atoms with Crippen LogP contribution in [-0.4, -0.2) is 75.6 Å². The Morgan fingerprint density at radius 3 is 1.86 bits per heavy atom. The smallest absolute Gasteiger partial charge is 0.355 e. The zero-order valence-electron chi connectivity index (χ0n) is 39.1. The first-order valence-corrected chi connectivity index (χ1v) is 25.4. The summed E-state index contributed by atoms with van der Waals surface area (Å²) in [6, 6.07) is 54.5. The molecule has 0 saturated carbocycles. The normalized spacial score (nSPS) is 16.0. The first-order valence-electron chi connectivity index (χ1n) is 23.0. The van der Waals surface area contributed by atoms with Gasteiger partial charge in [0.1, 0.15) is 40.7 Å². The lowest BCUT2D eigenvalue weighted by molar-refractivity contribution is -0.160. The van der Waals surface area contributed by atoms with E-state index in [0.717, 1.165) is 27.8 Å². The zero-order valence-corrected chi connectivity index (χ0v) is 41.4. The van der Waals surface area contributed by atoms with Gasteiger partial charge in [-0.2, -0.15) is 0 Å². The van der Waals surface area contributed by atoms with Crippen LogP contribution in [0.15, 0.2) is 198 Å². The van der Waals surface area contributed by atoms with Crippen molar-refractivity contribution in [1.29, 1.82) is 0 Å². The van der Waals surface area contributed by atoms with Crippen LogP contribution in [0.5, 0.6) is 5.75 Å². The number of thiazole rings is 1. The number of ether oxygens (including phenoxy) is 3. The highest BCUT2D eigenvalue weighted by Gasteiger charge is 2.55. The molecule has 3 atom stereocenters. The molecule has 9 rings (SSSR count). The number of β-lactam (4-membered cyclic amide) rings is 1. The molecule has 3 heterocycles. The molecule has 72 heavy (non-hydrogen) atoms. The standard InChI is InChI=1S/C56H48ClN5O8S2/c1-36(53(65)69-49(38-18-8-3-9-19-38)39-20-10-4-11-21-39)70-61-46(45-35-72-55(58-45)60-56(41-22-12-5-13-23-41,42-24-14-6-15-25-42)43-26-16-7-17-27-43)50(63)59-47-51(64)62-48(40(32-57)34-71-52(47)62)54(66)68-33-37-28-30-44(67-2)31-29-37/h3-31,35-36,47,49,52H,32-34H2,1-2H3,(H,58,60)(H,59,63)/b61-46-/t36-,47?,52-/m0/s1. The van der Waals surface area contributed by atoms with Crippen LogP contribution in [0, 0.1) is 0 Å². The highest BCUT2D eigenvalue weighted by molar-refractivity contribution is 8.00. The van der Waals surface area contributed by atoms with E-state index in [9.17, 15) is 19.2 Å². The topological polar surface area (TPSA) is 158 Å². The van der Waals surface area contributed by atoms with Gasteiger partial charge in [0.25, 0.3) is 11.8 Å². The Balaban J connectivity index is 1.01. The number of hydrogen-bond donors (Lipinski definition) is 2. The highest BCUT2D eigenvalue weighted by Crippen LogP contribution is 2.43. The molecule has 0 spiro atoms. The third kappa shape index (κ3) is 10.5. The maximum absolute atomic E-state index is 14.7. The number of methoxy groups -OCH3 is 1. The average Bonchev–Trinajstić information content (AvgIpc) is 3.90. The molecule has 2 amide bonds. The van der Waals surface area contributed by atoms with E-state index in [0.29, 0.717) is 27.8 Å². The maximum Gasteiger partial charge on any atom is 0.355 e. The molecule has 1 aromatic heterocycles. The summed E-state index contributed by atoms with van der Waals surface area (Å²) in [6.07, 6.45) is -2.07. The van der Waals surface area contributed by atoms with Crippen LogP contribution in [0.2, 0.25) is 0 Å². The molecule has 16 heteroatoms. The third-order valence-electron chi connectivity index (χ3n) is 12.2. The molecule has 0 bridgehead atoms. The number of aromatic nitrogens is 1. The first-order chi connectivity index (χ1) is 35.2. The molecule has 7 aromatic rings. The van der Waals surface area contributed by atoms with Gasteiger partial charge in [-0.05, 0) is 58.0 Å². The van der Waals surface area contributed by atoms with Gasteiger partial charge in [-0.1, -0.05) is 169 Å². The van der Waals surface area contributed by atoms with E-state index in [4.69, 9.17) is 35.6 Å². The van der Waals surface area contributed by atoms with Crippen molar-refractivity contribution >= 4 is 69.3 Å². The van der Waals surface area contributed by atoms with Crippen molar-refractivity contribution in [2.75, 3.05) is 24.1 Å². The zero-order chi connectivity index (χ0) is 50.0. The lowest BCUT2D eigenvalue weighted by Crippen LogP contribution is -2.71. The summed E-state index contributed by atoms with van der Waals surface area (Å²) in [5, 5.41) is 12.3. The van der Waals surface area contributed by atoms with Crippen molar-refractivity contribution in [3.8, 4) is 5.75 Å². The van der Waals surface area contributed by atoms with Crippen LogP contribution in [0.1, 0.15) is 52.1 Å². The van der Waals surface area contributed by atoms with E-state index in [1.165, 1.54) is 34.9 Å². The van der Waals surface area contributed by atoms with Crippen molar-refractivity contribution in [3.05, 3.63) is 232 Å². The monoisotopic (exact) mass is 1020 g/mol. The van der Waals surface area contributed by atoms with Crippen molar-refractivity contribution in [3.63, 3.8) is 0 Å². The fourth-order valence-corrected chi connectivity index (χ4v) is 10.9. The Kier molecular flexibility index (Phi) is 15.4. The molecular formula is C56H48ClN5O8S2. The summed E-state index contributed by atoms with van der Waals surface area (Å²) >= 11 is 8.91. The number of nitrogens with zero attached hydrogens (tertiary/aromatic N) is 3. The number of hydrogen-bond acceptors (Lipinski definition) is 13. The predicted molar refractivity (Wildman–Crippen MR) is 278 cm³/mol. The summed E-state index contributed by atoms with van der Waals surface area (Å²) in [5.74, 6) is -1.88. The summed E-state index contributed by atoms with van der Waals surface area (Å²) in [5.41, 5.74) is 4.39. The number of oxime groups is 1. The number of carbonyl (C=O) groups is 4. The molecular weight excluding hydrogens is 970 g/mol. The van der Waals surface area contributed by atoms with Gasteiger partial charge in [0.15, 0.2) is 16.9 Å². The number of esters is 2. The minimum absolute atomic E-state index is 0.0139. The third-order valence-corrected chi connectivity index (χ3v) is 14.6. The molecule has 1 unspecified atom stereocenters. The van der Waals surface area contributed by atoms with E-state index >= 15 is 0 Å². The number of alkyl halides is 1. The van der Waals surface area contributed by atoms with E-state index in [1.807, 2.05) is 152 Å². The molecule has 2 N–H and O–H groups in total. The quantitative estimate of drug-likeness (QED) is 0.0199. The lowest BCUT2D eigenvalue weighted by atomic mass is 9.77. The predicted octanol–water partition coefficient (Wildman–Crippen LogP) is 9.63. The van der Waals surface area contributed by atoms with Gasteiger partial charge in [0, 0.05) is 17.0 Å². The van der Waals surface area contributed by atoms with Crippen LogP contribution in [-0.2, 0) is 45.6 Å². The highest BCUT2D eigenvalue weighted by atomic mass is 35.5.